The fourth-order valence-electron chi connectivity index (χ4n) is 3.59. The van der Waals surface area contributed by atoms with Gasteiger partial charge in [0.25, 0.3) is 0 Å². The van der Waals surface area contributed by atoms with Crippen molar-refractivity contribution < 1.29 is 25.6 Å². The van der Waals surface area contributed by atoms with Crippen LogP contribution in [-0.2, 0) is 20.2 Å². The summed E-state index contributed by atoms with van der Waals surface area (Å²) < 4.78 is 69.2. The van der Waals surface area contributed by atoms with Crippen LogP contribution in [0.25, 0.3) is 0 Å². The van der Waals surface area contributed by atoms with Gasteiger partial charge < -0.3 is 8.74 Å². The van der Waals surface area contributed by atoms with Crippen molar-refractivity contribution in [3.05, 3.63) is 46.1 Å². The molecule has 0 bridgehead atoms. The lowest BCUT2D eigenvalue weighted by molar-refractivity contribution is 0.428. The third kappa shape index (κ3) is 5.61. The second-order valence-corrected chi connectivity index (χ2v) is 13.5. The van der Waals surface area contributed by atoms with E-state index < -0.39 is 20.2 Å². The van der Waals surface area contributed by atoms with E-state index in [0.717, 1.165) is 39.2 Å². The minimum atomic E-state index is -4.69. The quantitative estimate of drug-likeness (QED) is 0.171. The lowest BCUT2D eigenvalue weighted by Crippen LogP contribution is -2.15. The zero-order valence-corrected chi connectivity index (χ0v) is 23.9. The Labute approximate surface area is 217 Å². The Morgan fingerprint density at radius 1 is 0.933 bits per heavy atom. The highest BCUT2D eigenvalue weighted by Gasteiger charge is 2.27. The molecule has 2 aromatic rings. The van der Waals surface area contributed by atoms with Crippen molar-refractivity contribution in [2.75, 3.05) is 0 Å². The van der Waals surface area contributed by atoms with Crippen LogP contribution in [-0.4, -0.2) is 21.4 Å². The van der Waals surface area contributed by atoms with Crippen LogP contribution in [0, 0.1) is 17.6 Å². The predicted molar refractivity (Wildman–Crippen MR) is 137 cm³/mol. The first-order valence-electron chi connectivity index (χ1n) is 9.09. The molecule has 2 aromatic carbocycles. The van der Waals surface area contributed by atoms with E-state index in [4.69, 9.17) is 4.18 Å². The fourth-order valence-corrected chi connectivity index (χ4v) is 8.89. The minimum Gasteiger partial charge on any atom is -0.744 e. The Morgan fingerprint density at radius 3 is 2.17 bits per heavy atom. The van der Waals surface area contributed by atoms with Crippen LogP contribution in [0.4, 0.5) is 0 Å². The molecule has 0 radical (unpaired) electrons. The summed E-state index contributed by atoms with van der Waals surface area (Å²) in [6, 6.07) is 6.07. The number of halogens is 3. The molecule has 0 unspecified atom stereocenters. The third-order valence-electron chi connectivity index (χ3n) is 5.05. The molecule has 3 rings (SSSR count). The van der Waals surface area contributed by atoms with Crippen LogP contribution < -0.4 is 4.18 Å². The molecule has 0 heterocycles. The highest BCUT2D eigenvalue weighted by molar-refractivity contribution is 14.1. The smallest absolute Gasteiger partial charge is 0.340 e. The van der Waals surface area contributed by atoms with Gasteiger partial charge in [-0.25, -0.2) is 8.42 Å². The molecule has 0 atom stereocenters. The predicted octanol–water partition coefficient (Wildman–Crippen LogP) is 5.53. The standard InChI is InChI=1S/C19H19I3O6S2/c1-11-7-17(29(23,24)25)14(12-5-3-2-4-6-12)10-16(11)28-30(26,27)18-9-13(20)8-15(21)19(18)22/h7-10,12H,2-6H2,1H3,(H,23,24,25)/p-1. The maximum Gasteiger partial charge on any atom is 0.340 e. The lowest BCUT2D eigenvalue weighted by Gasteiger charge is -2.26. The Kier molecular flexibility index (Phi) is 8.02. The molecule has 1 aliphatic carbocycles. The molecule has 1 saturated carbocycles. The Hall–Kier alpha value is 0.290. The van der Waals surface area contributed by atoms with Gasteiger partial charge in [-0.2, -0.15) is 8.42 Å². The van der Waals surface area contributed by atoms with Gasteiger partial charge >= 0.3 is 10.1 Å². The second-order valence-electron chi connectivity index (χ2n) is 7.18. The van der Waals surface area contributed by atoms with E-state index in [9.17, 15) is 21.4 Å². The number of rotatable bonds is 5. The average molecular weight is 787 g/mol. The Balaban J connectivity index is 2.10. The normalized spacial score (nSPS) is 15.9. The Bertz CT molecular complexity index is 1190. The molecule has 0 spiro atoms. The van der Waals surface area contributed by atoms with Gasteiger partial charge in [0.05, 0.1) is 4.90 Å². The maximum absolute atomic E-state index is 13.0. The van der Waals surface area contributed by atoms with E-state index in [1.165, 1.54) is 25.1 Å². The first kappa shape index (κ1) is 24.9. The van der Waals surface area contributed by atoms with Gasteiger partial charge in [0.1, 0.15) is 20.8 Å². The zero-order chi connectivity index (χ0) is 22.3. The first-order chi connectivity index (χ1) is 13.9. The maximum atomic E-state index is 13.0. The molecule has 0 aliphatic heterocycles. The highest BCUT2D eigenvalue weighted by Crippen LogP contribution is 2.40. The van der Waals surface area contributed by atoms with Gasteiger partial charge in [-0.05, 0) is 129 Å². The van der Waals surface area contributed by atoms with Crippen molar-refractivity contribution in [3.8, 4) is 5.75 Å². The summed E-state index contributed by atoms with van der Waals surface area (Å²) in [5.41, 5.74) is 0.635. The topological polar surface area (TPSA) is 101 Å². The summed E-state index contributed by atoms with van der Waals surface area (Å²) in [5.74, 6) is -0.0606. The molecule has 1 aliphatic rings. The van der Waals surface area contributed by atoms with Crippen molar-refractivity contribution in [3.63, 3.8) is 0 Å². The molecule has 0 amide bonds. The van der Waals surface area contributed by atoms with Crippen molar-refractivity contribution in [1.29, 1.82) is 0 Å². The van der Waals surface area contributed by atoms with E-state index in [1.54, 1.807) is 0 Å². The van der Waals surface area contributed by atoms with E-state index in [0.29, 0.717) is 9.13 Å². The highest BCUT2D eigenvalue weighted by atomic mass is 127. The third-order valence-corrected chi connectivity index (χ3v) is 11.2. The van der Waals surface area contributed by atoms with Gasteiger partial charge in [-0.3, -0.25) is 0 Å². The largest absolute Gasteiger partial charge is 0.744 e. The molecular weight excluding hydrogens is 769 g/mol. The molecule has 0 saturated heterocycles. The van der Waals surface area contributed by atoms with Gasteiger partial charge in [0.2, 0.25) is 0 Å². The van der Waals surface area contributed by atoms with E-state index in [-0.39, 0.29) is 27.0 Å². The number of aryl methyl sites for hydroxylation is 1. The van der Waals surface area contributed by atoms with Crippen LogP contribution in [0.3, 0.4) is 0 Å². The average Bonchev–Trinajstić information content (AvgIpc) is 2.65. The van der Waals surface area contributed by atoms with E-state index in [2.05, 4.69) is 22.6 Å². The van der Waals surface area contributed by atoms with Gasteiger partial charge in [0.15, 0.2) is 0 Å². The van der Waals surface area contributed by atoms with Gasteiger partial charge in [0, 0.05) is 10.7 Å². The summed E-state index contributed by atoms with van der Waals surface area (Å²) in [5, 5.41) is 0. The molecular formula is C19H18I3O6S2-. The number of hydrogen-bond donors (Lipinski definition) is 0. The SMILES string of the molecule is Cc1cc(S(=O)(=O)[O-])c(C2CCCCC2)cc1OS(=O)(=O)c1cc(I)cc(I)c1I. The van der Waals surface area contributed by atoms with Crippen molar-refractivity contribution in [2.45, 2.75) is 54.7 Å². The molecule has 1 fully saturated rings. The van der Waals surface area contributed by atoms with Gasteiger partial charge in [-0.15, -0.1) is 0 Å². The molecule has 30 heavy (non-hydrogen) atoms. The van der Waals surface area contributed by atoms with E-state index >= 15 is 0 Å². The molecule has 164 valence electrons. The van der Waals surface area contributed by atoms with Crippen LogP contribution in [0.5, 0.6) is 5.75 Å². The van der Waals surface area contributed by atoms with Crippen molar-refractivity contribution in [2.24, 2.45) is 0 Å². The number of benzene rings is 2. The van der Waals surface area contributed by atoms with Crippen LogP contribution in [0.1, 0.15) is 49.1 Å². The molecule has 0 N–H and O–H groups in total. The van der Waals surface area contributed by atoms with Crippen molar-refractivity contribution >= 4 is 88.0 Å². The lowest BCUT2D eigenvalue weighted by atomic mass is 9.83. The molecule has 0 aromatic heterocycles. The van der Waals surface area contributed by atoms with Gasteiger partial charge in [-0.1, -0.05) is 19.3 Å². The van der Waals surface area contributed by atoms with Crippen LogP contribution >= 0.6 is 67.8 Å². The van der Waals surface area contributed by atoms with Crippen LogP contribution in [0.2, 0.25) is 0 Å². The minimum absolute atomic E-state index is 0.0487. The summed E-state index contributed by atoms with van der Waals surface area (Å²) >= 11 is 6.08. The number of hydrogen-bond acceptors (Lipinski definition) is 6. The summed E-state index contributed by atoms with van der Waals surface area (Å²) in [6.07, 6.45) is 4.44. The van der Waals surface area contributed by atoms with E-state index in [1.807, 2.05) is 51.2 Å². The summed E-state index contributed by atoms with van der Waals surface area (Å²) in [7, 11) is -8.85. The summed E-state index contributed by atoms with van der Waals surface area (Å²) in [6.45, 7) is 1.54. The Morgan fingerprint density at radius 2 is 1.57 bits per heavy atom. The zero-order valence-electron chi connectivity index (χ0n) is 15.8. The fraction of sp³-hybridized carbons (Fsp3) is 0.368. The second kappa shape index (κ2) is 9.65. The monoisotopic (exact) mass is 787 g/mol. The molecule has 6 nitrogen and oxygen atoms in total. The summed E-state index contributed by atoms with van der Waals surface area (Å²) in [4.78, 5) is -0.228. The van der Waals surface area contributed by atoms with Crippen molar-refractivity contribution in [1.82, 2.24) is 0 Å². The van der Waals surface area contributed by atoms with Crippen LogP contribution in [0.15, 0.2) is 34.1 Å². The first-order valence-corrected chi connectivity index (χ1v) is 15.1. The molecule has 11 heteroatoms.